The van der Waals surface area contributed by atoms with Crippen LogP contribution in [0.15, 0.2) is 24.2 Å². The third-order valence-electron chi connectivity index (χ3n) is 1.80. The molecule has 14 heavy (non-hydrogen) atoms. The van der Waals surface area contributed by atoms with E-state index in [1.165, 1.54) is 13.3 Å². The number of methoxy groups -OCH3 is 1. The van der Waals surface area contributed by atoms with E-state index < -0.39 is 5.97 Å². The topological polar surface area (TPSA) is 70.1 Å². The Morgan fingerprint density at radius 2 is 2.50 bits per heavy atom. The van der Waals surface area contributed by atoms with Crippen molar-refractivity contribution in [3.05, 3.63) is 29.7 Å². The van der Waals surface area contributed by atoms with Crippen LogP contribution in [0.3, 0.4) is 0 Å². The van der Waals surface area contributed by atoms with Crippen LogP contribution in [0.5, 0.6) is 0 Å². The van der Waals surface area contributed by atoms with Gasteiger partial charge in [-0.3, -0.25) is 4.68 Å². The summed E-state index contributed by atoms with van der Waals surface area (Å²) in [5.74, 6) is -0.406. The standard InChI is InChI=1S/C9H13N3O2/c1-12-6-7(5-11-12)3-8(4-10)9(13)14-2/h4-6H,3,10H2,1-2H3/b8-4+. The van der Waals surface area contributed by atoms with E-state index in [1.54, 1.807) is 10.9 Å². The molecule has 0 aromatic carbocycles. The Morgan fingerprint density at radius 3 is 2.93 bits per heavy atom. The molecule has 0 fully saturated rings. The molecule has 0 unspecified atom stereocenters. The van der Waals surface area contributed by atoms with Gasteiger partial charge in [0.15, 0.2) is 0 Å². The minimum Gasteiger partial charge on any atom is -0.466 e. The van der Waals surface area contributed by atoms with Crippen LogP contribution in [-0.4, -0.2) is 22.9 Å². The molecule has 0 radical (unpaired) electrons. The summed E-state index contributed by atoms with van der Waals surface area (Å²) >= 11 is 0. The van der Waals surface area contributed by atoms with Crippen molar-refractivity contribution in [2.24, 2.45) is 12.8 Å². The molecule has 0 saturated carbocycles. The molecule has 1 aromatic heterocycles. The zero-order chi connectivity index (χ0) is 10.6. The Morgan fingerprint density at radius 1 is 1.79 bits per heavy atom. The van der Waals surface area contributed by atoms with Crippen LogP contribution in [0.2, 0.25) is 0 Å². The van der Waals surface area contributed by atoms with Gasteiger partial charge >= 0.3 is 5.97 Å². The van der Waals surface area contributed by atoms with Crippen LogP contribution in [0, 0.1) is 0 Å². The number of carbonyl (C=O) groups excluding carboxylic acids is 1. The second kappa shape index (κ2) is 4.45. The number of rotatable bonds is 3. The van der Waals surface area contributed by atoms with Gasteiger partial charge in [-0.25, -0.2) is 4.79 Å². The van der Waals surface area contributed by atoms with Crippen LogP contribution >= 0.6 is 0 Å². The molecule has 76 valence electrons. The van der Waals surface area contributed by atoms with Crippen molar-refractivity contribution in [1.29, 1.82) is 0 Å². The molecule has 5 nitrogen and oxygen atoms in total. The Bertz CT molecular complexity index is 355. The number of carbonyl (C=O) groups is 1. The average molecular weight is 195 g/mol. The van der Waals surface area contributed by atoms with Gasteiger partial charge in [0, 0.05) is 25.9 Å². The van der Waals surface area contributed by atoms with E-state index in [9.17, 15) is 4.79 Å². The fraction of sp³-hybridized carbons (Fsp3) is 0.333. The lowest BCUT2D eigenvalue weighted by atomic mass is 10.1. The normalized spacial score (nSPS) is 11.4. The predicted octanol–water partition coefficient (Wildman–Crippen LogP) is -0.0218. The molecule has 5 heteroatoms. The van der Waals surface area contributed by atoms with Crippen molar-refractivity contribution in [1.82, 2.24) is 9.78 Å². The highest BCUT2D eigenvalue weighted by molar-refractivity contribution is 5.88. The van der Waals surface area contributed by atoms with Crippen molar-refractivity contribution in [2.45, 2.75) is 6.42 Å². The van der Waals surface area contributed by atoms with Crippen molar-refractivity contribution < 1.29 is 9.53 Å². The lowest BCUT2D eigenvalue weighted by Crippen LogP contribution is -2.09. The van der Waals surface area contributed by atoms with Gasteiger partial charge in [-0.05, 0) is 5.56 Å². The molecule has 1 rings (SSSR count). The quantitative estimate of drug-likeness (QED) is 0.543. The molecule has 0 saturated heterocycles. The molecular formula is C9H13N3O2. The summed E-state index contributed by atoms with van der Waals surface area (Å²) in [5.41, 5.74) is 6.67. The second-order valence-electron chi connectivity index (χ2n) is 2.88. The SMILES string of the molecule is COC(=O)/C(=C/N)Cc1cnn(C)c1. The van der Waals surface area contributed by atoms with E-state index in [0.29, 0.717) is 12.0 Å². The van der Waals surface area contributed by atoms with E-state index >= 15 is 0 Å². The first-order valence-corrected chi connectivity index (χ1v) is 4.14. The fourth-order valence-electron chi connectivity index (χ4n) is 1.11. The van der Waals surface area contributed by atoms with Crippen molar-refractivity contribution in [3.8, 4) is 0 Å². The number of nitrogens with zero attached hydrogens (tertiary/aromatic N) is 2. The molecule has 2 N–H and O–H groups in total. The Hall–Kier alpha value is -1.78. The maximum absolute atomic E-state index is 11.2. The number of hydrogen-bond acceptors (Lipinski definition) is 4. The second-order valence-corrected chi connectivity index (χ2v) is 2.88. The molecule has 0 aliphatic heterocycles. The monoisotopic (exact) mass is 195 g/mol. The molecule has 1 heterocycles. The van der Waals surface area contributed by atoms with E-state index in [2.05, 4.69) is 9.84 Å². The van der Waals surface area contributed by atoms with Gasteiger partial charge in [-0.2, -0.15) is 5.10 Å². The zero-order valence-corrected chi connectivity index (χ0v) is 8.23. The molecule has 0 bridgehead atoms. The van der Waals surface area contributed by atoms with Crippen LogP contribution in [0.1, 0.15) is 5.56 Å². The minimum absolute atomic E-state index is 0.406. The van der Waals surface area contributed by atoms with E-state index in [1.807, 2.05) is 13.2 Å². The zero-order valence-electron chi connectivity index (χ0n) is 8.23. The van der Waals surface area contributed by atoms with Crippen molar-refractivity contribution >= 4 is 5.97 Å². The maximum Gasteiger partial charge on any atom is 0.335 e. The van der Waals surface area contributed by atoms with Crippen LogP contribution in [0.25, 0.3) is 0 Å². The van der Waals surface area contributed by atoms with E-state index in [4.69, 9.17) is 5.73 Å². The minimum atomic E-state index is -0.406. The summed E-state index contributed by atoms with van der Waals surface area (Å²) in [6, 6.07) is 0. The molecule has 0 spiro atoms. The Balaban J connectivity index is 2.72. The fourth-order valence-corrected chi connectivity index (χ4v) is 1.11. The van der Waals surface area contributed by atoms with Crippen molar-refractivity contribution in [2.75, 3.05) is 7.11 Å². The highest BCUT2D eigenvalue weighted by Crippen LogP contribution is 2.07. The van der Waals surface area contributed by atoms with Gasteiger partial charge in [0.05, 0.1) is 18.9 Å². The summed E-state index contributed by atoms with van der Waals surface area (Å²) < 4.78 is 6.24. The number of hydrogen-bond donors (Lipinski definition) is 1. The average Bonchev–Trinajstić information content (AvgIpc) is 2.59. The number of esters is 1. The first-order chi connectivity index (χ1) is 6.67. The maximum atomic E-state index is 11.2. The molecule has 0 aliphatic rings. The van der Waals surface area contributed by atoms with Gasteiger partial charge in [0.1, 0.15) is 0 Å². The third-order valence-corrected chi connectivity index (χ3v) is 1.80. The highest BCUT2D eigenvalue weighted by Gasteiger charge is 2.10. The van der Waals surface area contributed by atoms with Gasteiger partial charge in [0.25, 0.3) is 0 Å². The number of aromatic nitrogens is 2. The van der Waals surface area contributed by atoms with Crippen LogP contribution in [0.4, 0.5) is 0 Å². The molecular weight excluding hydrogens is 182 g/mol. The molecule has 0 amide bonds. The Labute approximate surface area is 82.2 Å². The van der Waals surface area contributed by atoms with Crippen LogP contribution < -0.4 is 5.73 Å². The summed E-state index contributed by atoms with van der Waals surface area (Å²) in [7, 11) is 3.14. The van der Waals surface area contributed by atoms with E-state index in [0.717, 1.165) is 5.56 Å². The molecule has 0 atom stereocenters. The number of ether oxygens (including phenoxy) is 1. The summed E-state index contributed by atoms with van der Waals surface area (Å²) in [5, 5.41) is 3.99. The van der Waals surface area contributed by atoms with Gasteiger partial charge < -0.3 is 10.5 Å². The van der Waals surface area contributed by atoms with E-state index in [-0.39, 0.29) is 0 Å². The predicted molar refractivity (Wildman–Crippen MR) is 51.2 cm³/mol. The van der Waals surface area contributed by atoms with Crippen LogP contribution in [-0.2, 0) is 23.0 Å². The Kier molecular flexibility index (Phi) is 3.28. The smallest absolute Gasteiger partial charge is 0.335 e. The lowest BCUT2D eigenvalue weighted by molar-refractivity contribution is -0.136. The summed E-state index contributed by atoms with van der Waals surface area (Å²) in [4.78, 5) is 11.2. The number of aryl methyl sites for hydroxylation is 1. The third kappa shape index (κ3) is 2.35. The first kappa shape index (κ1) is 10.3. The largest absolute Gasteiger partial charge is 0.466 e. The van der Waals surface area contributed by atoms with Gasteiger partial charge in [-0.1, -0.05) is 0 Å². The first-order valence-electron chi connectivity index (χ1n) is 4.14. The molecule has 0 aliphatic carbocycles. The summed E-state index contributed by atoms with van der Waals surface area (Å²) in [6.07, 6.45) is 5.22. The highest BCUT2D eigenvalue weighted by atomic mass is 16.5. The lowest BCUT2D eigenvalue weighted by Gasteiger charge is -2.01. The van der Waals surface area contributed by atoms with Gasteiger partial charge in [-0.15, -0.1) is 0 Å². The molecule has 1 aromatic rings. The summed E-state index contributed by atoms with van der Waals surface area (Å²) in [6.45, 7) is 0. The number of nitrogens with two attached hydrogens (primary N) is 1. The van der Waals surface area contributed by atoms with Crippen molar-refractivity contribution in [3.63, 3.8) is 0 Å². The van der Waals surface area contributed by atoms with Gasteiger partial charge in [0.2, 0.25) is 0 Å².